The number of carbonyl (C=O) groups is 3. The van der Waals surface area contributed by atoms with Gasteiger partial charge >= 0.3 is 25.0 Å². The van der Waals surface area contributed by atoms with E-state index in [-0.39, 0.29) is 13.0 Å². The van der Waals surface area contributed by atoms with Crippen molar-refractivity contribution in [1.29, 1.82) is 0 Å². The third kappa shape index (κ3) is 6.11. The van der Waals surface area contributed by atoms with Gasteiger partial charge in [0.25, 0.3) is 0 Å². The van der Waals surface area contributed by atoms with Gasteiger partial charge in [0.1, 0.15) is 0 Å². The molecule has 1 heterocycles. The number of carboxylic acids is 3. The molecule has 118 valence electrons. The van der Waals surface area contributed by atoms with Gasteiger partial charge in [-0.3, -0.25) is 14.4 Å². The lowest BCUT2D eigenvalue weighted by molar-refractivity contribution is -0.148. The molecule has 5 N–H and O–H groups in total. The third-order valence-corrected chi connectivity index (χ3v) is 3.27. The first-order valence-corrected chi connectivity index (χ1v) is 6.53. The number of nitrogens with one attached hydrogen (secondary N) is 1. The van der Waals surface area contributed by atoms with Gasteiger partial charge in [0, 0.05) is 12.5 Å². The van der Waals surface area contributed by atoms with Gasteiger partial charge in [-0.25, -0.2) is 0 Å². The molecule has 0 aromatic carbocycles. The highest BCUT2D eigenvalue weighted by molar-refractivity contribution is 6.45. The second kappa shape index (κ2) is 7.96. The van der Waals surface area contributed by atoms with Crippen molar-refractivity contribution in [2.24, 2.45) is 5.92 Å². The van der Waals surface area contributed by atoms with Crippen LogP contribution in [0.4, 0.5) is 0 Å². The van der Waals surface area contributed by atoms with E-state index in [1.807, 2.05) is 0 Å². The van der Waals surface area contributed by atoms with E-state index in [0.717, 1.165) is 0 Å². The fourth-order valence-corrected chi connectivity index (χ4v) is 2.17. The van der Waals surface area contributed by atoms with E-state index in [1.165, 1.54) is 0 Å². The fourth-order valence-electron chi connectivity index (χ4n) is 2.17. The van der Waals surface area contributed by atoms with Crippen LogP contribution in [0.3, 0.4) is 0 Å². The Bertz CT molecular complexity index is 404. The molecule has 0 bridgehead atoms. The first-order chi connectivity index (χ1) is 9.79. The predicted octanol–water partition coefficient (Wildman–Crippen LogP) is -1.21. The molecule has 1 rings (SSSR count). The molecule has 10 heteroatoms. The van der Waals surface area contributed by atoms with Crippen molar-refractivity contribution in [2.45, 2.75) is 37.7 Å². The molecule has 0 aliphatic carbocycles. The Balaban J connectivity index is 2.43. The quantitative estimate of drug-likeness (QED) is 0.347. The number of hydrogen-bond acceptors (Lipinski definition) is 6. The average Bonchev–Trinajstić information content (AvgIpc) is 2.34. The first-order valence-electron chi connectivity index (χ1n) is 6.53. The Kier molecular flexibility index (Phi) is 6.60. The molecule has 1 aliphatic rings. The lowest BCUT2D eigenvalue weighted by Gasteiger charge is -2.31. The molecule has 0 aromatic heterocycles. The van der Waals surface area contributed by atoms with Crippen LogP contribution >= 0.6 is 0 Å². The Morgan fingerprint density at radius 1 is 1.19 bits per heavy atom. The van der Waals surface area contributed by atoms with E-state index in [0.29, 0.717) is 12.8 Å². The van der Waals surface area contributed by atoms with Crippen LogP contribution in [0, 0.1) is 5.92 Å². The van der Waals surface area contributed by atoms with Crippen molar-refractivity contribution in [3.8, 4) is 0 Å². The van der Waals surface area contributed by atoms with Crippen LogP contribution < -0.4 is 5.32 Å². The van der Waals surface area contributed by atoms with Crippen LogP contribution in [0.1, 0.15) is 25.7 Å². The van der Waals surface area contributed by atoms with Crippen LogP contribution in [-0.2, 0) is 19.0 Å². The number of aliphatic carboxylic acids is 3. The summed E-state index contributed by atoms with van der Waals surface area (Å²) in [5.74, 6) is -5.13. The number of hydrogen-bond donors (Lipinski definition) is 5. The van der Waals surface area contributed by atoms with Gasteiger partial charge in [0.05, 0.1) is 24.9 Å². The van der Waals surface area contributed by atoms with Gasteiger partial charge in [0.2, 0.25) is 0 Å². The van der Waals surface area contributed by atoms with Crippen molar-refractivity contribution < 1.29 is 39.4 Å². The summed E-state index contributed by atoms with van der Waals surface area (Å²) in [5.41, 5.74) is 0. The highest BCUT2D eigenvalue weighted by Crippen LogP contribution is 2.19. The summed E-state index contributed by atoms with van der Waals surface area (Å²) in [6.07, 6.45) is -0.477. The zero-order valence-corrected chi connectivity index (χ0v) is 11.3. The molecular weight excluding hydrogens is 285 g/mol. The Hall–Kier alpha value is -1.65. The minimum atomic E-state index is -1.25. The summed E-state index contributed by atoms with van der Waals surface area (Å²) in [4.78, 5) is 32.0. The number of carboxylic acid groups (broad SMARTS) is 3. The van der Waals surface area contributed by atoms with Crippen molar-refractivity contribution in [3.63, 3.8) is 0 Å². The topological polar surface area (TPSA) is 153 Å². The minimum absolute atomic E-state index is 0.115. The fraction of sp³-hybridized carbons (Fsp3) is 0.727. The normalized spacial score (nSPS) is 23.6. The van der Waals surface area contributed by atoms with Crippen LogP contribution in [0.5, 0.6) is 0 Å². The van der Waals surface area contributed by atoms with E-state index >= 15 is 0 Å². The largest absolute Gasteiger partial charge is 0.481 e. The van der Waals surface area contributed by atoms with E-state index in [2.05, 4.69) is 5.32 Å². The molecule has 0 spiro atoms. The lowest BCUT2D eigenvalue weighted by Crippen LogP contribution is -2.52. The summed E-state index contributed by atoms with van der Waals surface area (Å²) >= 11 is 0. The molecule has 3 atom stereocenters. The summed E-state index contributed by atoms with van der Waals surface area (Å²) < 4.78 is 5.13. The maximum absolute atomic E-state index is 10.9. The Morgan fingerprint density at radius 2 is 1.86 bits per heavy atom. The van der Waals surface area contributed by atoms with Crippen molar-refractivity contribution in [1.82, 2.24) is 5.32 Å². The summed E-state index contributed by atoms with van der Waals surface area (Å²) in [6, 6.07) is 0. The molecule has 1 fully saturated rings. The molecule has 1 saturated heterocycles. The van der Waals surface area contributed by atoms with Gasteiger partial charge in [-0.05, 0) is 12.8 Å². The van der Waals surface area contributed by atoms with Gasteiger partial charge in [-0.1, -0.05) is 0 Å². The van der Waals surface area contributed by atoms with Gasteiger partial charge in [0.15, 0.2) is 0 Å². The van der Waals surface area contributed by atoms with Crippen molar-refractivity contribution >= 4 is 25.0 Å². The lowest BCUT2D eigenvalue weighted by atomic mass is 9.72. The van der Waals surface area contributed by atoms with Crippen LogP contribution in [0.15, 0.2) is 0 Å². The van der Waals surface area contributed by atoms with Gasteiger partial charge in [-0.2, -0.15) is 0 Å². The average molecular weight is 303 g/mol. The van der Waals surface area contributed by atoms with E-state index in [1.54, 1.807) is 0 Å². The second-order valence-electron chi connectivity index (χ2n) is 4.97. The maximum atomic E-state index is 10.9. The molecule has 1 unspecified atom stereocenters. The summed E-state index contributed by atoms with van der Waals surface area (Å²) in [7, 11) is -1.25. The van der Waals surface area contributed by atoms with Crippen LogP contribution in [0.2, 0.25) is 0 Å². The molecule has 21 heavy (non-hydrogen) atoms. The van der Waals surface area contributed by atoms with Gasteiger partial charge in [-0.15, -0.1) is 0 Å². The third-order valence-electron chi connectivity index (χ3n) is 3.27. The van der Waals surface area contributed by atoms with Crippen molar-refractivity contribution in [2.75, 3.05) is 6.54 Å². The SMILES string of the molecule is O=C(O)CC(CN[C@H]1CC[C@@H](CC(=O)O)OB1O)C(=O)O. The molecule has 0 amide bonds. The zero-order chi connectivity index (χ0) is 16.0. The maximum Gasteiger partial charge on any atom is 0.472 e. The number of rotatable bonds is 8. The highest BCUT2D eigenvalue weighted by Gasteiger charge is 2.36. The van der Waals surface area contributed by atoms with E-state index in [9.17, 15) is 19.4 Å². The standard InChI is InChI=1S/C11H18BNO8/c14-9(15)3-6(11(18)19)5-13-8-2-1-7(4-10(16)17)21-12(8)20/h6-8,13,20H,1-5H2,(H,14,15)(H,16,17)(H,18,19)/t6?,7-,8-/m0/s1. The summed E-state index contributed by atoms with van der Waals surface area (Å²) in [6.45, 7) is -0.115. The molecule has 0 saturated carbocycles. The summed E-state index contributed by atoms with van der Waals surface area (Å²) in [5, 5.41) is 38.7. The Morgan fingerprint density at radius 3 is 2.33 bits per heavy atom. The zero-order valence-electron chi connectivity index (χ0n) is 11.3. The van der Waals surface area contributed by atoms with Gasteiger partial charge < -0.3 is 30.3 Å². The predicted molar refractivity (Wildman–Crippen MR) is 69.5 cm³/mol. The van der Waals surface area contributed by atoms with Crippen molar-refractivity contribution in [3.05, 3.63) is 0 Å². The van der Waals surface area contributed by atoms with E-state index in [4.69, 9.17) is 20.0 Å². The minimum Gasteiger partial charge on any atom is -0.481 e. The van der Waals surface area contributed by atoms with Crippen LogP contribution in [0.25, 0.3) is 0 Å². The molecular formula is C11H18BNO8. The molecule has 0 aromatic rings. The second-order valence-corrected chi connectivity index (χ2v) is 4.97. The monoisotopic (exact) mass is 303 g/mol. The van der Waals surface area contributed by atoms with Crippen LogP contribution in [-0.4, -0.2) is 64.0 Å². The Labute approximate surface area is 121 Å². The first kappa shape index (κ1) is 17.4. The smallest absolute Gasteiger partial charge is 0.472 e. The van der Waals surface area contributed by atoms with E-state index < -0.39 is 49.4 Å². The highest BCUT2D eigenvalue weighted by atomic mass is 16.5. The molecule has 9 nitrogen and oxygen atoms in total. The molecule has 1 aliphatic heterocycles. The molecule has 0 radical (unpaired) electrons.